The lowest BCUT2D eigenvalue weighted by Crippen LogP contribution is -2.36. The largest absolute Gasteiger partial charge is 0.453 e. The van der Waals surface area contributed by atoms with Crippen LogP contribution in [0.2, 0.25) is 0 Å². The van der Waals surface area contributed by atoms with Crippen LogP contribution in [-0.4, -0.2) is 42.6 Å². The maximum absolute atomic E-state index is 13.2. The van der Waals surface area contributed by atoms with Crippen molar-refractivity contribution >= 4 is 6.09 Å². The van der Waals surface area contributed by atoms with Gasteiger partial charge in [0.2, 0.25) is 0 Å². The summed E-state index contributed by atoms with van der Waals surface area (Å²) in [7, 11) is 1.49. The van der Waals surface area contributed by atoms with Crippen LogP contribution in [0, 0.1) is 11.7 Å². The molecule has 1 aliphatic heterocycles. The van der Waals surface area contributed by atoms with Crippen LogP contribution in [0.1, 0.15) is 67.6 Å². The molecule has 1 heterocycles. The molecule has 0 spiro atoms. The number of ether oxygens (including phenoxy) is 1. The van der Waals surface area contributed by atoms with Gasteiger partial charge in [0.05, 0.1) is 7.11 Å². The maximum Gasteiger partial charge on any atom is 0.409 e. The van der Waals surface area contributed by atoms with E-state index in [1.807, 2.05) is 17.0 Å². The van der Waals surface area contributed by atoms with Crippen LogP contribution in [0.5, 0.6) is 0 Å². The van der Waals surface area contributed by atoms with Crippen molar-refractivity contribution in [1.29, 1.82) is 0 Å². The van der Waals surface area contributed by atoms with Crippen molar-refractivity contribution in [3.05, 3.63) is 71.0 Å². The summed E-state index contributed by atoms with van der Waals surface area (Å²) in [6, 6.07) is 15.5. The zero-order valence-corrected chi connectivity index (χ0v) is 19.8. The van der Waals surface area contributed by atoms with Crippen LogP contribution in [-0.2, 0) is 17.8 Å². The van der Waals surface area contributed by atoms with Crippen molar-refractivity contribution in [3.8, 4) is 0 Å². The summed E-state index contributed by atoms with van der Waals surface area (Å²) in [5, 5.41) is 0. The van der Waals surface area contributed by atoms with Crippen molar-refractivity contribution in [2.45, 2.75) is 64.0 Å². The van der Waals surface area contributed by atoms with E-state index in [4.69, 9.17) is 4.74 Å². The molecular weight excluding hydrogens is 415 g/mol. The standard InChI is InChI=1S/C28H37FN2O2/c1-33-28(32)31(20-22-7-3-2-4-8-22)21-25-9-5-6-10-27(25)24-15-17-30(18-16-24)19-23-11-13-26(29)14-12-23/h5-6,9-14,22,24H,2-4,7-8,15-21H2,1H3. The molecule has 1 aliphatic carbocycles. The number of likely N-dealkylation sites (tertiary alicyclic amines) is 1. The molecule has 4 nitrogen and oxygen atoms in total. The minimum Gasteiger partial charge on any atom is -0.453 e. The summed E-state index contributed by atoms with van der Waals surface area (Å²) in [5.74, 6) is 0.901. The van der Waals surface area contributed by atoms with E-state index in [1.165, 1.54) is 50.3 Å². The van der Waals surface area contributed by atoms with Gasteiger partial charge in [-0.15, -0.1) is 0 Å². The van der Waals surface area contributed by atoms with Gasteiger partial charge < -0.3 is 9.64 Å². The molecule has 0 unspecified atom stereocenters. The van der Waals surface area contributed by atoms with E-state index >= 15 is 0 Å². The number of halogens is 1. The first-order valence-corrected chi connectivity index (χ1v) is 12.5. The molecule has 5 heteroatoms. The Kier molecular flexibility index (Phi) is 8.38. The molecule has 2 aromatic carbocycles. The van der Waals surface area contributed by atoms with Crippen LogP contribution >= 0.6 is 0 Å². The zero-order chi connectivity index (χ0) is 23.0. The highest BCUT2D eigenvalue weighted by Gasteiger charge is 2.26. The van der Waals surface area contributed by atoms with Gasteiger partial charge in [0, 0.05) is 19.6 Å². The fourth-order valence-electron chi connectivity index (χ4n) is 5.55. The van der Waals surface area contributed by atoms with Crippen LogP contribution in [0.4, 0.5) is 9.18 Å². The Morgan fingerprint density at radius 2 is 1.70 bits per heavy atom. The molecule has 0 atom stereocenters. The number of carbonyl (C=O) groups excluding carboxylic acids is 1. The zero-order valence-electron chi connectivity index (χ0n) is 19.8. The Bertz CT molecular complexity index is 887. The van der Waals surface area contributed by atoms with Gasteiger partial charge in [-0.1, -0.05) is 55.7 Å². The molecule has 1 saturated heterocycles. The number of nitrogens with zero attached hydrogens (tertiary/aromatic N) is 2. The van der Waals surface area contributed by atoms with Crippen LogP contribution in [0.25, 0.3) is 0 Å². The van der Waals surface area contributed by atoms with Crippen LogP contribution in [0.15, 0.2) is 48.5 Å². The van der Waals surface area contributed by atoms with Gasteiger partial charge in [0.1, 0.15) is 5.82 Å². The van der Waals surface area contributed by atoms with Gasteiger partial charge in [-0.05, 0) is 79.4 Å². The van der Waals surface area contributed by atoms with Crippen molar-refractivity contribution in [3.63, 3.8) is 0 Å². The first kappa shape index (κ1) is 23.7. The number of carbonyl (C=O) groups is 1. The summed E-state index contributed by atoms with van der Waals surface area (Å²) in [4.78, 5) is 17.0. The predicted molar refractivity (Wildman–Crippen MR) is 129 cm³/mol. The minimum atomic E-state index is -0.218. The molecule has 33 heavy (non-hydrogen) atoms. The van der Waals surface area contributed by atoms with Crippen LogP contribution < -0.4 is 0 Å². The van der Waals surface area contributed by atoms with E-state index in [2.05, 4.69) is 29.2 Å². The van der Waals surface area contributed by atoms with E-state index in [9.17, 15) is 9.18 Å². The Morgan fingerprint density at radius 3 is 2.39 bits per heavy atom. The molecule has 0 aromatic heterocycles. The van der Waals surface area contributed by atoms with E-state index < -0.39 is 0 Å². The highest BCUT2D eigenvalue weighted by Crippen LogP contribution is 2.32. The average molecular weight is 453 g/mol. The SMILES string of the molecule is COC(=O)N(Cc1ccccc1C1CCN(Cc2ccc(F)cc2)CC1)CC1CCCCC1. The Labute approximate surface area is 197 Å². The third-order valence-corrected chi connectivity index (χ3v) is 7.40. The molecule has 2 aliphatic rings. The molecular formula is C28H37FN2O2. The summed E-state index contributed by atoms with van der Waals surface area (Å²) in [6.07, 6.45) is 8.25. The van der Waals surface area contributed by atoms with E-state index in [1.54, 1.807) is 12.1 Å². The third-order valence-electron chi connectivity index (χ3n) is 7.40. The summed E-state index contributed by atoms with van der Waals surface area (Å²) in [6.45, 7) is 4.33. The lowest BCUT2D eigenvalue weighted by atomic mass is 9.86. The number of hydrogen-bond donors (Lipinski definition) is 0. The normalized spacial score (nSPS) is 18.2. The highest BCUT2D eigenvalue weighted by molar-refractivity contribution is 5.67. The summed E-state index contributed by atoms with van der Waals surface area (Å²) in [5.41, 5.74) is 3.78. The Balaban J connectivity index is 1.39. The number of benzene rings is 2. The number of amides is 1. The Morgan fingerprint density at radius 1 is 1.00 bits per heavy atom. The lowest BCUT2D eigenvalue weighted by molar-refractivity contribution is 0.108. The van der Waals surface area contributed by atoms with E-state index in [0.29, 0.717) is 18.4 Å². The highest BCUT2D eigenvalue weighted by atomic mass is 19.1. The van der Waals surface area contributed by atoms with Crippen molar-refractivity contribution in [1.82, 2.24) is 9.80 Å². The van der Waals surface area contributed by atoms with Crippen LogP contribution in [0.3, 0.4) is 0 Å². The molecule has 2 fully saturated rings. The van der Waals surface area contributed by atoms with Crippen molar-refractivity contribution < 1.29 is 13.9 Å². The maximum atomic E-state index is 13.2. The van der Waals surface area contributed by atoms with E-state index in [-0.39, 0.29) is 11.9 Å². The fraction of sp³-hybridized carbons (Fsp3) is 0.536. The number of piperidine rings is 1. The second-order valence-electron chi connectivity index (χ2n) is 9.73. The van der Waals surface area contributed by atoms with Gasteiger partial charge in [0.15, 0.2) is 0 Å². The number of hydrogen-bond acceptors (Lipinski definition) is 3. The first-order chi connectivity index (χ1) is 16.1. The molecule has 178 valence electrons. The number of rotatable bonds is 7. The first-order valence-electron chi connectivity index (χ1n) is 12.5. The lowest BCUT2D eigenvalue weighted by Gasteiger charge is -2.34. The minimum absolute atomic E-state index is 0.182. The second-order valence-corrected chi connectivity index (χ2v) is 9.73. The summed E-state index contributed by atoms with van der Waals surface area (Å²) < 4.78 is 18.3. The topological polar surface area (TPSA) is 32.8 Å². The molecule has 2 aromatic rings. The molecule has 1 amide bonds. The third kappa shape index (κ3) is 6.57. The van der Waals surface area contributed by atoms with Crippen molar-refractivity contribution in [2.24, 2.45) is 5.92 Å². The Hall–Kier alpha value is -2.40. The van der Waals surface area contributed by atoms with E-state index in [0.717, 1.165) is 44.6 Å². The molecule has 0 N–H and O–H groups in total. The predicted octanol–water partition coefficient (Wildman–Crippen LogP) is 6.35. The smallest absolute Gasteiger partial charge is 0.409 e. The second kappa shape index (κ2) is 11.6. The van der Waals surface area contributed by atoms with Gasteiger partial charge in [-0.3, -0.25) is 4.90 Å². The monoisotopic (exact) mass is 452 g/mol. The molecule has 0 radical (unpaired) electrons. The van der Waals surface area contributed by atoms with Gasteiger partial charge in [0.25, 0.3) is 0 Å². The van der Waals surface area contributed by atoms with Gasteiger partial charge in [-0.25, -0.2) is 9.18 Å². The molecule has 1 saturated carbocycles. The quantitative estimate of drug-likeness (QED) is 0.490. The van der Waals surface area contributed by atoms with Crippen molar-refractivity contribution in [2.75, 3.05) is 26.7 Å². The summed E-state index contributed by atoms with van der Waals surface area (Å²) >= 11 is 0. The number of methoxy groups -OCH3 is 1. The van der Waals surface area contributed by atoms with Gasteiger partial charge in [-0.2, -0.15) is 0 Å². The fourth-order valence-corrected chi connectivity index (χ4v) is 5.55. The average Bonchev–Trinajstić information content (AvgIpc) is 2.86. The molecule has 4 rings (SSSR count). The van der Waals surface area contributed by atoms with Gasteiger partial charge >= 0.3 is 6.09 Å². The molecule has 0 bridgehead atoms.